The van der Waals surface area contributed by atoms with E-state index in [-0.39, 0.29) is 6.10 Å². The number of anilines is 1. The Morgan fingerprint density at radius 2 is 1.65 bits per heavy atom. The van der Waals surface area contributed by atoms with E-state index in [0.29, 0.717) is 12.1 Å². The van der Waals surface area contributed by atoms with Crippen LogP contribution in [0.4, 0.5) is 5.69 Å². The second kappa shape index (κ2) is 4.62. The predicted octanol–water partition coefficient (Wildman–Crippen LogP) is 3.33. The van der Waals surface area contributed by atoms with E-state index in [2.05, 4.69) is 45.1 Å². The van der Waals surface area contributed by atoms with E-state index in [9.17, 15) is 5.11 Å². The van der Waals surface area contributed by atoms with Crippen LogP contribution in [0.25, 0.3) is 0 Å². The molecule has 3 rings (SSSR count). The summed E-state index contributed by atoms with van der Waals surface area (Å²) in [4.78, 5) is 2.54. The standard InChI is InChI=1S/C14H18BrNO/c15-10-4-6-11(7-5-10)16-12-2-1-3-13(16)9-14(17)8-12/h4-7,12-14,17H,1-3,8-9H2/t12-,13+,14?. The van der Waals surface area contributed by atoms with Gasteiger partial charge in [-0.15, -0.1) is 0 Å². The average molecular weight is 296 g/mol. The number of hydrogen-bond donors (Lipinski definition) is 1. The molecule has 3 heteroatoms. The Balaban J connectivity index is 1.89. The molecule has 2 bridgehead atoms. The summed E-state index contributed by atoms with van der Waals surface area (Å²) in [5.74, 6) is 0. The number of rotatable bonds is 1. The Hall–Kier alpha value is -0.540. The third kappa shape index (κ3) is 2.23. The highest BCUT2D eigenvalue weighted by Gasteiger charge is 2.37. The Morgan fingerprint density at radius 3 is 2.24 bits per heavy atom. The summed E-state index contributed by atoms with van der Waals surface area (Å²) >= 11 is 3.48. The predicted molar refractivity (Wildman–Crippen MR) is 73.3 cm³/mol. The summed E-state index contributed by atoms with van der Waals surface area (Å²) in [5.41, 5.74) is 1.31. The molecule has 0 amide bonds. The third-order valence-corrected chi connectivity index (χ3v) is 4.60. The van der Waals surface area contributed by atoms with Gasteiger partial charge in [-0.25, -0.2) is 0 Å². The van der Waals surface area contributed by atoms with E-state index >= 15 is 0 Å². The van der Waals surface area contributed by atoms with Gasteiger partial charge < -0.3 is 10.0 Å². The van der Waals surface area contributed by atoms with Crippen LogP contribution in [0.1, 0.15) is 32.1 Å². The molecule has 1 N–H and O–H groups in total. The van der Waals surface area contributed by atoms with E-state index in [1.54, 1.807) is 0 Å². The maximum absolute atomic E-state index is 9.89. The molecule has 2 saturated heterocycles. The minimum atomic E-state index is -0.0861. The second-order valence-electron chi connectivity index (χ2n) is 5.25. The smallest absolute Gasteiger partial charge is 0.0579 e. The number of benzene rings is 1. The molecule has 0 saturated carbocycles. The molecule has 0 aromatic heterocycles. The molecule has 1 aromatic carbocycles. The van der Waals surface area contributed by atoms with Crippen LogP contribution in [0.2, 0.25) is 0 Å². The molecule has 92 valence electrons. The van der Waals surface area contributed by atoms with Crippen molar-refractivity contribution in [1.29, 1.82) is 0 Å². The van der Waals surface area contributed by atoms with E-state index < -0.39 is 0 Å². The molecule has 2 fully saturated rings. The normalized spacial score (nSPS) is 32.6. The Morgan fingerprint density at radius 1 is 1.06 bits per heavy atom. The molecular formula is C14H18BrNO. The van der Waals surface area contributed by atoms with Gasteiger partial charge in [-0.2, -0.15) is 0 Å². The molecule has 1 unspecified atom stereocenters. The molecule has 17 heavy (non-hydrogen) atoms. The second-order valence-corrected chi connectivity index (χ2v) is 6.16. The SMILES string of the molecule is OC1C[C@H]2CCC[C@@H](C1)N2c1ccc(Br)cc1. The van der Waals surface area contributed by atoms with Gasteiger partial charge in [-0.05, 0) is 56.4 Å². The molecular weight excluding hydrogens is 278 g/mol. The lowest BCUT2D eigenvalue weighted by molar-refractivity contribution is 0.0928. The molecule has 1 aromatic rings. The first-order chi connectivity index (χ1) is 8.24. The summed E-state index contributed by atoms with van der Waals surface area (Å²) in [7, 11) is 0. The number of hydrogen-bond acceptors (Lipinski definition) is 2. The van der Waals surface area contributed by atoms with E-state index in [1.807, 2.05) is 0 Å². The van der Waals surface area contributed by atoms with Gasteiger partial charge in [-0.3, -0.25) is 0 Å². The number of halogens is 1. The zero-order valence-corrected chi connectivity index (χ0v) is 11.4. The van der Waals surface area contributed by atoms with Crippen LogP contribution >= 0.6 is 15.9 Å². The van der Waals surface area contributed by atoms with Crippen LogP contribution < -0.4 is 4.90 Å². The maximum Gasteiger partial charge on any atom is 0.0579 e. The van der Waals surface area contributed by atoms with Crippen molar-refractivity contribution in [3.05, 3.63) is 28.7 Å². The molecule has 2 aliphatic rings. The molecule has 2 aliphatic heterocycles. The van der Waals surface area contributed by atoms with Crippen LogP contribution in [0.3, 0.4) is 0 Å². The number of fused-ring (bicyclic) bond motifs is 2. The van der Waals surface area contributed by atoms with Crippen molar-refractivity contribution in [2.75, 3.05) is 4.90 Å². The zero-order valence-electron chi connectivity index (χ0n) is 9.85. The number of piperidine rings is 2. The first kappa shape index (κ1) is 11.5. The first-order valence-electron chi connectivity index (χ1n) is 6.46. The number of nitrogens with zero attached hydrogens (tertiary/aromatic N) is 1. The van der Waals surface area contributed by atoms with E-state index in [4.69, 9.17) is 0 Å². The van der Waals surface area contributed by atoms with Gasteiger partial charge >= 0.3 is 0 Å². The number of aliphatic hydroxyl groups is 1. The van der Waals surface area contributed by atoms with E-state index in [1.165, 1.54) is 24.9 Å². The van der Waals surface area contributed by atoms with Crippen molar-refractivity contribution in [2.45, 2.75) is 50.3 Å². The third-order valence-electron chi connectivity index (χ3n) is 4.07. The van der Waals surface area contributed by atoms with Crippen LogP contribution in [0.5, 0.6) is 0 Å². The fraction of sp³-hybridized carbons (Fsp3) is 0.571. The minimum absolute atomic E-state index is 0.0861. The average Bonchev–Trinajstić information content (AvgIpc) is 2.29. The summed E-state index contributed by atoms with van der Waals surface area (Å²) in [5, 5.41) is 9.89. The van der Waals surface area contributed by atoms with Gasteiger partial charge in [0.25, 0.3) is 0 Å². The summed E-state index contributed by atoms with van der Waals surface area (Å²) < 4.78 is 1.13. The lowest BCUT2D eigenvalue weighted by Crippen LogP contribution is -2.53. The Labute approximate surface area is 111 Å². The van der Waals surface area contributed by atoms with Crippen LogP contribution in [0.15, 0.2) is 28.7 Å². The van der Waals surface area contributed by atoms with Crippen molar-refractivity contribution in [2.24, 2.45) is 0 Å². The molecule has 2 heterocycles. The fourth-order valence-corrected chi connectivity index (χ4v) is 3.65. The van der Waals surface area contributed by atoms with Gasteiger partial charge in [-0.1, -0.05) is 15.9 Å². The van der Waals surface area contributed by atoms with Crippen molar-refractivity contribution in [3.63, 3.8) is 0 Å². The van der Waals surface area contributed by atoms with Crippen molar-refractivity contribution in [3.8, 4) is 0 Å². The Bertz CT molecular complexity index is 378. The van der Waals surface area contributed by atoms with Gasteiger partial charge in [0.2, 0.25) is 0 Å². The Kier molecular flexibility index (Phi) is 3.14. The fourth-order valence-electron chi connectivity index (χ4n) is 3.39. The highest BCUT2D eigenvalue weighted by molar-refractivity contribution is 9.10. The number of aliphatic hydroxyl groups excluding tert-OH is 1. The molecule has 0 radical (unpaired) electrons. The lowest BCUT2D eigenvalue weighted by atomic mass is 9.82. The highest BCUT2D eigenvalue weighted by atomic mass is 79.9. The van der Waals surface area contributed by atoms with E-state index in [0.717, 1.165) is 17.3 Å². The molecule has 0 aliphatic carbocycles. The van der Waals surface area contributed by atoms with Gasteiger partial charge in [0.05, 0.1) is 6.10 Å². The lowest BCUT2D eigenvalue weighted by Gasteiger charge is -2.49. The zero-order chi connectivity index (χ0) is 11.8. The van der Waals surface area contributed by atoms with Gasteiger partial charge in [0, 0.05) is 22.2 Å². The van der Waals surface area contributed by atoms with Crippen LogP contribution in [0, 0.1) is 0 Å². The first-order valence-corrected chi connectivity index (χ1v) is 7.25. The molecule has 2 nitrogen and oxygen atoms in total. The van der Waals surface area contributed by atoms with Crippen molar-refractivity contribution in [1.82, 2.24) is 0 Å². The largest absolute Gasteiger partial charge is 0.393 e. The topological polar surface area (TPSA) is 23.5 Å². The van der Waals surface area contributed by atoms with Crippen LogP contribution in [-0.4, -0.2) is 23.3 Å². The summed E-state index contributed by atoms with van der Waals surface area (Å²) in [6, 6.07) is 9.67. The summed E-state index contributed by atoms with van der Waals surface area (Å²) in [6.45, 7) is 0. The van der Waals surface area contributed by atoms with Gasteiger partial charge in [0.15, 0.2) is 0 Å². The molecule has 3 atom stereocenters. The van der Waals surface area contributed by atoms with Gasteiger partial charge in [0.1, 0.15) is 0 Å². The van der Waals surface area contributed by atoms with Crippen molar-refractivity contribution >= 4 is 21.6 Å². The van der Waals surface area contributed by atoms with Crippen molar-refractivity contribution < 1.29 is 5.11 Å². The molecule has 0 spiro atoms. The monoisotopic (exact) mass is 295 g/mol. The highest BCUT2D eigenvalue weighted by Crippen LogP contribution is 2.37. The minimum Gasteiger partial charge on any atom is -0.393 e. The van der Waals surface area contributed by atoms with Crippen LogP contribution in [-0.2, 0) is 0 Å². The summed E-state index contributed by atoms with van der Waals surface area (Å²) in [6.07, 6.45) is 5.55. The maximum atomic E-state index is 9.89. The quantitative estimate of drug-likeness (QED) is 0.859.